The highest BCUT2D eigenvalue weighted by Crippen LogP contribution is 2.14. The maximum absolute atomic E-state index is 10.3. The highest BCUT2D eigenvalue weighted by atomic mass is 16.4. The molecule has 0 saturated heterocycles. The van der Waals surface area contributed by atoms with Crippen molar-refractivity contribution in [2.24, 2.45) is 0 Å². The second-order valence-corrected chi connectivity index (χ2v) is 4.31. The van der Waals surface area contributed by atoms with Crippen LogP contribution in [-0.4, -0.2) is 37.6 Å². The van der Waals surface area contributed by atoms with Crippen LogP contribution in [0.4, 0.5) is 5.82 Å². The molecule has 0 amide bonds. The van der Waals surface area contributed by atoms with Gasteiger partial charge in [0.2, 0.25) is 0 Å². The number of H-pyrrole nitrogens is 1. The SMILES string of the molecule is O=C(O)CCCCCCNc1ncnc2nc[nH]c12. The van der Waals surface area contributed by atoms with Gasteiger partial charge in [-0.2, -0.15) is 0 Å². The van der Waals surface area contributed by atoms with Crippen LogP contribution in [0.1, 0.15) is 32.1 Å². The lowest BCUT2D eigenvalue weighted by molar-refractivity contribution is -0.137. The topological polar surface area (TPSA) is 104 Å². The Morgan fingerprint density at radius 1 is 1.21 bits per heavy atom. The van der Waals surface area contributed by atoms with Crippen LogP contribution in [0.2, 0.25) is 0 Å². The molecule has 0 aliphatic heterocycles. The minimum absolute atomic E-state index is 0.258. The number of anilines is 1. The third kappa shape index (κ3) is 3.90. The van der Waals surface area contributed by atoms with E-state index in [1.54, 1.807) is 6.33 Å². The minimum Gasteiger partial charge on any atom is -0.481 e. The Morgan fingerprint density at radius 3 is 2.89 bits per heavy atom. The van der Waals surface area contributed by atoms with E-state index in [1.165, 1.54) is 6.33 Å². The number of hydrogen-bond donors (Lipinski definition) is 3. The third-order valence-electron chi connectivity index (χ3n) is 2.83. The number of nitrogens with zero attached hydrogens (tertiary/aromatic N) is 3. The first-order valence-electron chi connectivity index (χ1n) is 6.37. The van der Waals surface area contributed by atoms with Crippen molar-refractivity contribution in [1.29, 1.82) is 0 Å². The van der Waals surface area contributed by atoms with E-state index in [9.17, 15) is 4.79 Å². The van der Waals surface area contributed by atoms with Crippen LogP contribution in [0.3, 0.4) is 0 Å². The fourth-order valence-corrected chi connectivity index (χ4v) is 1.86. The summed E-state index contributed by atoms with van der Waals surface area (Å²) in [7, 11) is 0. The number of rotatable bonds is 8. The Kier molecular flexibility index (Phi) is 4.66. The van der Waals surface area contributed by atoms with Gasteiger partial charge in [0, 0.05) is 13.0 Å². The fourth-order valence-electron chi connectivity index (χ4n) is 1.86. The summed E-state index contributed by atoms with van der Waals surface area (Å²) in [6.45, 7) is 0.804. The van der Waals surface area contributed by atoms with E-state index >= 15 is 0 Å². The zero-order valence-corrected chi connectivity index (χ0v) is 10.6. The summed E-state index contributed by atoms with van der Waals surface area (Å²) in [6.07, 6.45) is 7.02. The summed E-state index contributed by atoms with van der Waals surface area (Å²) in [5.74, 6) is 0.0359. The van der Waals surface area contributed by atoms with Crippen molar-refractivity contribution in [1.82, 2.24) is 19.9 Å². The first kappa shape index (κ1) is 13.3. The van der Waals surface area contributed by atoms with Gasteiger partial charge in [0.1, 0.15) is 11.8 Å². The number of carbonyl (C=O) groups is 1. The molecular formula is C12H17N5O2. The second kappa shape index (κ2) is 6.67. The smallest absolute Gasteiger partial charge is 0.303 e. The molecule has 3 N–H and O–H groups in total. The molecule has 0 bridgehead atoms. The van der Waals surface area contributed by atoms with E-state index < -0.39 is 5.97 Å². The molecule has 7 nitrogen and oxygen atoms in total. The molecule has 0 radical (unpaired) electrons. The summed E-state index contributed by atoms with van der Waals surface area (Å²) in [5.41, 5.74) is 1.47. The van der Waals surface area contributed by atoms with Crippen molar-refractivity contribution in [3.05, 3.63) is 12.7 Å². The van der Waals surface area contributed by atoms with Gasteiger partial charge >= 0.3 is 5.97 Å². The molecule has 2 aromatic heterocycles. The number of imidazole rings is 1. The lowest BCUT2D eigenvalue weighted by atomic mass is 10.1. The van der Waals surface area contributed by atoms with Crippen LogP contribution >= 0.6 is 0 Å². The Hall–Kier alpha value is -2.18. The molecule has 0 aliphatic carbocycles. The standard InChI is InChI=1S/C12H17N5O2/c18-9(19)5-3-1-2-4-6-13-11-10-12(15-7-14-10)17-8-16-11/h7-8H,1-6H2,(H,18,19)(H2,13,14,15,16,17). The highest BCUT2D eigenvalue weighted by molar-refractivity contribution is 5.81. The third-order valence-corrected chi connectivity index (χ3v) is 2.83. The van der Waals surface area contributed by atoms with E-state index in [2.05, 4.69) is 25.3 Å². The van der Waals surface area contributed by atoms with Crippen molar-refractivity contribution in [3.63, 3.8) is 0 Å². The Bertz CT molecular complexity index is 540. The summed E-state index contributed by atoms with van der Waals surface area (Å²) in [5, 5.41) is 11.7. The average molecular weight is 263 g/mol. The van der Waals surface area contributed by atoms with E-state index in [1.807, 2.05) is 0 Å². The molecule has 19 heavy (non-hydrogen) atoms. The maximum Gasteiger partial charge on any atom is 0.303 e. The van der Waals surface area contributed by atoms with Crippen molar-refractivity contribution < 1.29 is 9.90 Å². The van der Waals surface area contributed by atoms with Gasteiger partial charge in [-0.25, -0.2) is 15.0 Å². The molecule has 0 fully saturated rings. The van der Waals surface area contributed by atoms with Crippen molar-refractivity contribution in [2.75, 3.05) is 11.9 Å². The number of hydrogen-bond acceptors (Lipinski definition) is 5. The van der Waals surface area contributed by atoms with Crippen LogP contribution in [-0.2, 0) is 4.79 Å². The molecule has 0 unspecified atom stereocenters. The summed E-state index contributed by atoms with van der Waals surface area (Å²) in [6, 6.07) is 0. The second-order valence-electron chi connectivity index (χ2n) is 4.31. The van der Waals surface area contributed by atoms with Crippen LogP contribution in [0.15, 0.2) is 12.7 Å². The Morgan fingerprint density at radius 2 is 2.05 bits per heavy atom. The molecule has 2 heterocycles. The zero-order chi connectivity index (χ0) is 13.5. The summed E-state index contributed by atoms with van der Waals surface area (Å²) < 4.78 is 0. The Balaban J connectivity index is 1.68. The van der Waals surface area contributed by atoms with Crippen LogP contribution in [0.25, 0.3) is 11.2 Å². The maximum atomic E-state index is 10.3. The highest BCUT2D eigenvalue weighted by Gasteiger charge is 2.04. The van der Waals surface area contributed by atoms with Gasteiger partial charge in [0.15, 0.2) is 11.5 Å². The Labute approximate surface area is 110 Å². The number of aliphatic carboxylic acids is 1. The van der Waals surface area contributed by atoms with Crippen molar-refractivity contribution in [2.45, 2.75) is 32.1 Å². The summed E-state index contributed by atoms with van der Waals surface area (Å²) >= 11 is 0. The van der Waals surface area contributed by atoms with Gasteiger partial charge in [0.25, 0.3) is 0 Å². The monoisotopic (exact) mass is 263 g/mol. The molecule has 0 aromatic carbocycles. The molecular weight excluding hydrogens is 246 g/mol. The quantitative estimate of drug-likeness (QED) is 0.627. The van der Waals surface area contributed by atoms with Gasteiger partial charge in [-0.3, -0.25) is 4.79 Å². The largest absolute Gasteiger partial charge is 0.481 e. The number of aromatic amines is 1. The number of unbranched alkanes of at least 4 members (excludes halogenated alkanes) is 3. The number of carboxylic acids is 1. The van der Waals surface area contributed by atoms with E-state index in [0.717, 1.165) is 43.6 Å². The molecule has 2 rings (SSSR count). The predicted molar refractivity (Wildman–Crippen MR) is 70.9 cm³/mol. The van der Waals surface area contributed by atoms with Crippen LogP contribution in [0, 0.1) is 0 Å². The first-order valence-corrected chi connectivity index (χ1v) is 6.37. The van der Waals surface area contributed by atoms with Gasteiger partial charge < -0.3 is 15.4 Å². The van der Waals surface area contributed by atoms with Gasteiger partial charge in [0.05, 0.1) is 6.33 Å². The van der Waals surface area contributed by atoms with Crippen molar-refractivity contribution >= 4 is 23.0 Å². The molecule has 0 atom stereocenters. The number of fused-ring (bicyclic) bond motifs is 1. The van der Waals surface area contributed by atoms with Crippen LogP contribution in [0.5, 0.6) is 0 Å². The normalized spacial score (nSPS) is 10.7. The van der Waals surface area contributed by atoms with Crippen LogP contribution < -0.4 is 5.32 Å². The van der Waals surface area contributed by atoms with Gasteiger partial charge in [-0.1, -0.05) is 12.8 Å². The number of carboxylic acid groups (broad SMARTS) is 1. The van der Waals surface area contributed by atoms with E-state index in [0.29, 0.717) is 5.65 Å². The molecule has 0 saturated carbocycles. The molecule has 102 valence electrons. The number of nitrogens with one attached hydrogen (secondary N) is 2. The number of aromatic nitrogens is 4. The van der Waals surface area contributed by atoms with E-state index in [4.69, 9.17) is 5.11 Å². The lowest BCUT2D eigenvalue weighted by Gasteiger charge is -2.05. The van der Waals surface area contributed by atoms with Gasteiger partial charge in [-0.05, 0) is 12.8 Å². The molecule has 0 spiro atoms. The predicted octanol–water partition coefficient (Wildman–Crippen LogP) is 1.80. The summed E-state index contributed by atoms with van der Waals surface area (Å²) in [4.78, 5) is 25.6. The van der Waals surface area contributed by atoms with Crippen molar-refractivity contribution in [3.8, 4) is 0 Å². The molecule has 0 aliphatic rings. The fraction of sp³-hybridized carbons (Fsp3) is 0.500. The van der Waals surface area contributed by atoms with E-state index in [-0.39, 0.29) is 6.42 Å². The lowest BCUT2D eigenvalue weighted by Crippen LogP contribution is -2.04. The molecule has 2 aromatic rings. The average Bonchev–Trinajstić information content (AvgIpc) is 2.86. The minimum atomic E-state index is -0.722. The first-order chi connectivity index (χ1) is 9.27. The zero-order valence-electron chi connectivity index (χ0n) is 10.6. The molecule has 7 heteroatoms. The van der Waals surface area contributed by atoms with Gasteiger partial charge in [-0.15, -0.1) is 0 Å².